The van der Waals surface area contributed by atoms with Gasteiger partial charge in [0.1, 0.15) is 0 Å². The van der Waals surface area contributed by atoms with Crippen LogP contribution in [0.2, 0.25) is 0 Å². The van der Waals surface area contributed by atoms with Gasteiger partial charge < -0.3 is 10.2 Å². The first kappa shape index (κ1) is 14.6. The molecule has 1 aromatic carbocycles. The quantitative estimate of drug-likeness (QED) is 0.853. The number of aryl methyl sites for hydroxylation is 1. The van der Waals surface area contributed by atoms with Crippen LogP contribution in [0.3, 0.4) is 0 Å². The lowest BCUT2D eigenvalue weighted by Gasteiger charge is -2.26. The van der Waals surface area contributed by atoms with Crippen LogP contribution in [0.4, 0.5) is 11.4 Å². The van der Waals surface area contributed by atoms with Gasteiger partial charge >= 0.3 is 0 Å². The Balaban J connectivity index is 1.78. The van der Waals surface area contributed by atoms with Crippen molar-refractivity contribution in [2.45, 2.75) is 26.2 Å². The van der Waals surface area contributed by atoms with Crippen LogP contribution in [0.1, 0.15) is 25.3 Å². The molecule has 4 nitrogen and oxygen atoms in total. The summed E-state index contributed by atoms with van der Waals surface area (Å²) in [5.41, 5.74) is 3.91. The highest BCUT2D eigenvalue weighted by molar-refractivity contribution is 5.98. The number of benzene rings is 1. The zero-order chi connectivity index (χ0) is 15.7. The molecule has 1 N–H and O–H groups in total. The molecule has 1 aliphatic carbocycles. The molecule has 0 saturated heterocycles. The third kappa shape index (κ3) is 2.69. The molecule has 1 aliphatic heterocycles. The molecule has 1 atom stereocenters. The Labute approximate surface area is 130 Å². The van der Waals surface area contributed by atoms with Gasteiger partial charge in [0, 0.05) is 24.8 Å². The van der Waals surface area contributed by atoms with Crippen LogP contribution in [0, 0.1) is 5.92 Å². The second-order valence-corrected chi connectivity index (χ2v) is 5.88. The molecular formula is C18H20N2O2. The first-order valence-corrected chi connectivity index (χ1v) is 7.60. The Morgan fingerprint density at radius 3 is 2.91 bits per heavy atom. The summed E-state index contributed by atoms with van der Waals surface area (Å²) in [4.78, 5) is 25.8. The Kier molecular flexibility index (Phi) is 3.84. The van der Waals surface area contributed by atoms with E-state index in [1.807, 2.05) is 37.3 Å². The van der Waals surface area contributed by atoms with Crippen molar-refractivity contribution in [2.24, 2.45) is 5.92 Å². The van der Waals surface area contributed by atoms with E-state index in [1.54, 1.807) is 11.9 Å². The predicted octanol–water partition coefficient (Wildman–Crippen LogP) is 3.06. The van der Waals surface area contributed by atoms with Crippen LogP contribution < -0.4 is 10.2 Å². The number of carbonyl (C=O) groups is 2. The van der Waals surface area contributed by atoms with Gasteiger partial charge in [-0.15, -0.1) is 0 Å². The number of anilines is 2. The molecule has 114 valence electrons. The molecule has 1 unspecified atom stereocenters. The minimum atomic E-state index is -0.186. The Morgan fingerprint density at radius 2 is 2.14 bits per heavy atom. The molecule has 2 aliphatic rings. The van der Waals surface area contributed by atoms with Gasteiger partial charge in [0.2, 0.25) is 11.8 Å². The maximum Gasteiger partial charge on any atom is 0.235 e. The SMILES string of the molecule is CC1=CCC=CC1C(=O)Nc1ccc2c(c1)CCC(=O)N2C. The van der Waals surface area contributed by atoms with Crippen molar-refractivity contribution in [3.63, 3.8) is 0 Å². The van der Waals surface area contributed by atoms with Gasteiger partial charge in [-0.05, 0) is 43.5 Å². The number of allylic oxidation sites excluding steroid dienone is 2. The Bertz CT molecular complexity index is 688. The first-order chi connectivity index (χ1) is 10.6. The molecule has 2 amide bonds. The molecule has 0 spiro atoms. The number of fused-ring (bicyclic) bond motifs is 1. The maximum atomic E-state index is 12.4. The molecule has 0 saturated carbocycles. The number of nitrogens with zero attached hydrogens (tertiary/aromatic N) is 1. The van der Waals surface area contributed by atoms with E-state index in [-0.39, 0.29) is 17.7 Å². The van der Waals surface area contributed by atoms with Crippen molar-refractivity contribution in [3.05, 3.63) is 47.6 Å². The van der Waals surface area contributed by atoms with Crippen LogP contribution in [-0.2, 0) is 16.0 Å². The third-order valence-electron chi connectivity index (χ3n) is 4.37. The highest BCUT2D eigenvalue weighted by atomic mass is 16.2. The van der Waals surface area contributed by atoms with Gasteiger partial charge in [0.05, 0.1) is 5.92 Å². The van der Waals surface area contributed by atoms with E-state index < -0.39 is 0 Å². The molecular weight excluding hydrogens is 276 g/mol. The van der Waals surface area contributed by atoms with Gasteiger partial charge in [-0.3, -0.25) is 9.59 Å². The average Bonchev–Trinajstić information content (AvgIpc) is 2.51. The fourth-order valence-electron chi connectivity index (χ4n) is 3.00. The first-order valence-electron chi connectivity index (χ1n) is 7.60. The number of carbonyl (C=O) groups excluding carboxylic acids is 2. The van der Waals surface area contributed by atoms with E-state index in [4.69, 9.17) is 0 Å². The summed E-state index contributed by atoms with van der Waals surface area (Å²) < 4.78 is 0. The average molecular weight is 296 g/mol. The maximum absolute atomic E-state index is 12.4. The van der Waals surface area contributed by atoms with Crippen molar-refractivity contribution >= 4 is 23.2 Å². The zero-order valence-electron chi connectivity index (χ0n) is 12.9. The topological polar surface area (TPSA) is 49.4 Å². The lowest BCUT2D eigenvalue weighted by Crippen LogP contribution is -2.31. The van der Waals surface area contributed by atoms with Crippen molar-refractivity contribution < 1.29 is 9.59 Å². The van der Waals surface area contributed by atoms with Crippen LogP contribution in [0.25, 0.3) is 0 Å². The van der Waals surface area contributed by atoms with Crippen LogP contribution in [-0.4, -0.2) is 18.9 Å². The number of hydrogen-bond donors (Lipinski definition) is 1. The summed E-state index contributed by atoms with van der Waals surface area (Å²) in [6.07, 6.45) is 8.20. The molecule has 0 aromatic heterocycles. The third-order valence-corrected chi connectivity index (χ3v) is 4.37. The van der Waals surface area contributed by atoms with Crippen LogP contribution >= 0.6 is 0 Å². The standard InChI is InChI=1S/C18H20N2O2/c1-12-5-3-4-6-15(12)18(22)19-14-8-9-16-13(11-14)7-10-17(21)20(16)2/h4-6,8-9,11,15H,3,7,10H2,1-2H3,(H,19,22). The summed E-state index contributed by atoms with van der Waals surface area (Å²) in [7, 11) is 1.79. The largest absolute Gasteiger partial charge is 0.325 e. The lowest BCUT2D eigenvalue weighted by atomic mass is 9.93. The van der Waals surface area contributed by atoms with E-state index >= 15 is 0 Å². The highest BCUT2D eigenvalue weighted by Crippen LogP contribution is 2.29. The molecule has 1 aromatic rings. The summed E-state index contributed by atoms with van der Waals surface area (Å²) in [6, 6.07) is 5.74. The Hall–Kier alpha value is -2.36. The fraction of sp³-hybridized carbons (Fsp3) is 0.333. The molecule has 0 radical (unpaired) electrons. The number of hydrogen-bond acceptors (Lipinski definition) is 2. The van der Waals surface area contributed by atoms with Crippen molar-refractivity contribution in [2.75, 3.05) is 17.3 Å². The van der Waals surface area contributed by atoms with Crippen LogP contribution in [0.15, 0.2) is 42.0 Å². The van der Waals surface area contributed by atoms with E-state index in [2.05, 4.69) is 11.4 Å². The van der Waals surface area contributed by atoms with E-state index in [1.165, 1.54) is 0 Å². The predicted molar refractivity (Wildman–Crippen MR) is 87.8 cm³/mol. The number of amides is 2. The van der Waals surface area contributed by atoms with E-state index in [9.17, 15) is 9.59 Å². The fourth-order valence-corrected chi connectivity index (χ4v) is 3.00. The van der Waals surface area contributed by atoms with Gasteiger partial charge in [-0.2, -0.15) is 0 Å². The normalized spacial score (nSPS) is 20.5. The second-order valence-electron chi connectivity index (χ2n) is 5.88. The van der Waals surface area contributed by atoms with Crippen LogP contribution in [0.5, 0.6) is 0 Å². The van der Waals surface area contributed by atoms with E-state index in [0.29, 0.717) is 6.42 Å². The molecule has 3 rings (SSSR count). The van der Waals surface area contributed by atoms with Gasteiger partial charge in [0.25, 0.3) is 0 Å². The summed E-state index contributed by atoms with van der Waals surface area (Å²) >= 11 is 0. The monoisotopic (exact) mass is 296 g/mol. The van der Waals surface area contributed by atoms with Gasteiger partial charge in [-0.1, -0.05) is 23.8 Å². The molecule has 22 heavy (non-hydrogen) atoms. The minimum Gasteiger partial charge on any atom is -0.325 e. The molecule has 0 bridgehead atoms. The number of rotatable bonds is 2. The molecule has 0 fully saturated rings. The second kappa shape index (κ2) is 5.79. The molecule has 4 heteroatoms. The van der Waals surface area contributed by atoms with Crippen molar-refractivity contribution in [1.82, 2.24) is 0 Å². The summed E-state index contributed by atoms with van der Waals surface area (Å²) in [5, 5.41) is 2.98. The van der Waals surface area contributed by atoms with Gasteiger partial charge in [0.15, 0.2) is 0 Å². The molecule has 1 heterocycles. The Morgan fingerprint density at radius 1 is 1.32 bits per heavy atom. The number of nitrogens with one attached hydrogen (secondary N) is 1. The van der Waals surface area contributed by atoms with E-state index in [0.717, 1.165) is 35.4 Å². The lowest BCUT2D eigenvalue weighted by molar-refractivity contribution is -0.119. The van der Waals surface area contributed by atoms with Crippen molar-refractivity contribution in [1.29, 1.82) is 0 Å². The van der Waals surface area contributed by atoms with Gasteiger partial charge in [-0.25, -0.2) is 0 Å². The highest BCUT2D eigenvalue weighted by Gasteiger charge is 2.22. The zero-order valence-corrected chi connectivity index (χ0v) is 12.9. The summed E-state index contributed by atoms with van der Waals surface area (Å²) in [6.45, 7) is 1.99. The smallest absolute Gasteiger partial charge is 0.235 e. The summed E-state index contributed by atoms with van der Waals surface area (Å²) in [5.74, 6) is -0.0590. The minimum absolute atomic E-state index is 0.00936. The van der Waals surface area contributed by atoms with Crippen molar-refractivity contribution in [3.8, 4) is 0 Å².